The number of hydrogen-bond acceptors (Lipinski definition) is 1. The SMILES string of the molecule is Cc1ccc(CC(Br)CCCc2cccs2)cc1C. The topological polar surface area (TPSA) is 0 Å². The van der Waals surface area contributed by atoms with Crippen LogP contribution in [0, 0.1) is 13.8 Å². The Morgan fingerprint density at radius 1 is 1.16 bits per heavy atom. The molecule has 0 N–H and O–H groups in total. The number of thiophene rings is 1. The van der Waals surface area contributed by atoms with E-state index in [-0.39, 0.29) is 0 Å². The first-order valence-electron chi connectivity index (χ1n) is 6.88. The Kier molecular flexibility index (Phi) is 5.65. The summed E-state index contributed by atoms with van der Waals surface area (Å²) in [5, 5.41) is 2.16. The summed E-state index contributed by atoms with van der Waals surface area (Å²) in [7, 11) is 0. The van der Waals surface area contributed by atoms with Crippen LogP contribution < -0.4 is 0 Å². The highest BCUT2D eigenvalue weighted by atomic mass is 79.9. The lowest BCUT2D eigenvalue weighted by atomic mass is 10.0. The molecule has 1 unspecified atom stereocenters. The Labute approximate surface area is 129 Å². The zero-order chi connectivity index (χ0) is 13.7. The molecule has 2 rings (SSSR count). The summed E-state index contributed by atoms with van der Waals surface area (Å²) >= 11 is 5.69. The summed E-state index contributed by atoms with van der Waals surface area (Å²) < 4.78 is 0. The molecule has 0 bridgehead atoms. The van der Waals surface area contributed by atoms with Crippen molar-refractivity contribution in [2.45, 2.75) is 44.4 Å². The van der Waals surface area contributed by atoms with Gasteiger partial charge in [-0.3, -0.25) is 0 Å². The minimum Gasteiger partial charge on any atom is -0.149 e. The van der Waals surface area contributed by atoms with Crippen LogP contribution in [0.3, 0.4) is 0 Å². The Balaban J connectivity index is 1.77. The highest BCUT2D eigenvalue weighted by Crippen LogP contribution is 2.20. The fourth-order valence-electron chi connectivity index (χ4n) is 2.24. The third-order valence-electron chi connectivity index (χ3n) is 3.55. The molecule has 2 heteroatoms. The van der Waals surface area contributed by atoms with E-state index in [2.05, 4.69) is 65.5 Å². The van der Waals surface area contributed by atoms with Crippen molar-refractivity contribution < 1.29 is 0 Å². The van der Waals surface area contributed by atoms with E-state index in [4.69, 9.17) is 0 Å². The van der Waals surface area contributed by atoms with Gasteiger partial charge < -0.3 is 0 Å². The van der Waals surface area contributed by atoms with E-state index in [1.165, 1.54) is 40.8 Å². The number of hydrogen-bond donors (Lipinski definition) is 0. The first-order valence-corrected chi connectivity index (χ1v) is 8.67. The second kappa shape index (κ2) is 7.25. The van der Waals surface area contributed by atoms with Gasteiger partial charge in [0.2, 0.25) is 0 Å². The van der Waals surface area contributed by atoms with Crippen molar-refractivity contribution >= 4 is 27.3 Å². The average Bonchev–Trinajstić information content (AvgIpc) is 2.87. The van der Waals surface area contributed by atoms with Crippen LogP contribution in [0.1, 0.15) is 34.4 Å². The summed E-state index contributed by atoms with van der Waals surface area (Å²) in [6.45, 7) is 4.37. The number of alkyl halides is 1. The molecule has 0 amide bonds. The van der Waals surface area contributed by atoms with Crippen LogP contribution in [-0.2, 0) is 12.8 Å². The van der Waals surface area contributed by atoms with Gasteiger partial charge in [0.1, 0.15) is 0 Å². The third-order valence-corrected chi connectivity index (χ3v) is 5.27. The maximum atomic E-state index is 3.83. The molecule has 0 aliphatic heterocycles. The smallest absolute Gasteiger partial charge is 0.0186 e. The van der Waals surface area contributed by atoms with Gasteiger partial charge in [-0.2, -0.15) is 0 Å². The van der Waals surface area contributed by atoms with Crippen molar-refractivity contribution in [2.75, 3.05) is 0 Å². The molecule has 19 heavy (non-hydrogen) atoms. The monoisotopic (exact) mass is 336 g/mol. The first-order chi connectivity index (χ1) is 9.15. The molecule has 1 heterocycles. The summed E-state index contributed by atoms with van der Waals surface area (Å²) in [5.74, 6) is 0. The number of halogens is 1. The Morgan fingerprint density at radius 2 is 2.00 bits per heavy atom. The molecule has 0 saturated heterocycles. The fourth-order valence-corrected chi connectivity index (χ4v) is 3.69. The molecule has 0 nitrogen and oxygen atoms in total. The summed E-state index contributed by atoms with van der Waals surface area (Å²) in [6, 6.07) is 11.2. The van der Waals surface area contributed by atoms with Crippen LogP contribution in [0.15, 0.2) is 35.7 Å². The maximum absolute atomic E-state index is 3.83. The zero-order valence-electron chi connectivity index (χ0n) is 11.7. The molecule has 1 aromatic heterocycles. The lowest BCUT2D eigenvalue weighted by molar-refractivity contribution is 0.704. The van der Waals surface area contributed by atoms with Crippen molar-refractivity contribution in [3.8, 4) is 0 Å². The van der Waals surface area contributed by atoms with Crippen LogP contribution in [0.5, 0.6) is 0 Å². The van der Waals surface area contributed by atoms with Gasteiger partial charge in [0.05, 0.1) is 0 Å². The molecule has 1 atom stereocenters. The van der Waals surface area contributed by atoms with Gasteiger partial charge in [-0.1, -0.05) is 40.2 Å². The highest BCUT2D eigenvalue weighted by Gasteiger charge is 2.07. The van der Waals surface area contributed by atoms with Gasteiger partial charge in [-0.25, -0.2) is 0 Å². The quantitative estimate of drug-likeness (QED) is 0.594. The van der Waals surface area contributed by atoms with Gasteiger partial charge >= 0.3 is 0 Å². The molecular weight excluding hydrogens is 316 g/mol. The number of rotatable bonds is 6. The maximum Gasteiger partial charge on any atom is 0.0186 e. The summed E-state index contributed by atoms with van der Waals surface area (Å²) in [6.07, 6.45) is 4.85. The van der Waals surface area contributed by atoms with Gasteiger partial charge in [-0.05, 0) is 67.7 Å². The van der Waals surface area contributed by atoms with Crippen molar-refractivity contribution in [1.29, 1.82) is 0 Å². The van der Waals surface area contributed by atoms with Gasteiger partial charge in [-0.15, -0.1) is 11.3 Å². The molecule has 2 aromatic rings. The van der Waals surface area contributed by atoms with Crippen LogP contribution in [0.2, 0.25) is 0 Å². The third kappa shape index (κ3) is 4.77. The van der Waals surface area contributed by atoms with Gasteiger partial charge in [0.15, 0.2) is 0 Å². The Hall–Kier alpha value is -0.600. The molecule has 0 fully saturated rings. The summed E-state index contributed by atoms with van der Waals surface area (Å²) in [5.41, 5.74) is 4.23. The molecule has 0 radical (unpaired) electrons. The summed E-state index contributed by atoms with van der Waals surface area (Å²) in [4.78, 5) is 2.10. The molecule has 0 aliphatic rings. The van der Waals surface area contributed by atoms with Crippen molar-refractivity contribution in [1.82, 2.24) is 0 Å². The largest absolute Gasteiger partial charge is 0.149 e. The van der Waals surface area contributed by atoms with Gasteiger partial charge in [0.25, 0.3) is 0 Å². The van der Waals surface area contributed by atoms with E-state index in [9.17, 15) is 0 Å². The van der Waals surface area contributed by atoms with Crippen molar-refractivity contribution in [3.05, 3.63) is 57.3 Å². The number of aryl methyl sites for hydroxylation is 3. The van der Waals surface area contributed by atoms with E-state index in [1.807, 2.05) is 11.3 Å². The lowest BCUT2D eigenvalue weighted by Gasteiger charge is -2.11. The fraction of sp³-hybridized carbons (Fsp3) is 0.412. The van der Waals surface area contributed by atoms with Crippen molar-refractivity contribution in [3.63, 3.8) is 0 Å². The van der Waals surface area contributed by atoms with E-state index >= 15 is 0 Å². The minimum absolute atomic E-state index is 0.592. The second-order valence-electron chi connectivity index (χ2n) is 5.19. The lowest BCUT2D eigenvalue weighted by Crippen LogP contribution is -2.03. The zero-order valence-corrected chi connectivity index (χ0v) is 14.1. The van der Waals surface area contributed by atoms with Crippen molar-refractivity contribution in [2.24, 2.45) is 0 Å². The Morgan fingerprint density at radius 3 is 2.68 bits per heavy atom. The standard InChI is InChI=1S/C17H21BrS/c1-13-8-9-15(11-14(13)2)12-16(18)5-3-6-17-7-4-10-19-17/h4,7-11,16H,3,5-6,12H2,1-2H3. The predicted molar refractivity (Wildman–Crippen MR) is 89.6 cm³/mol. The average molecular weight is 337 g/mol. The highest BCUT2D eigenvalue weighted by molar-refractivity contribution is 9.09. The van der Waals surface area contributed by atoms with Crippen LogP contribution in [-0.4, -0.2) is 4.83 Å². The van der Waals surface area contributed by atoms with Crippen LogP contribution in [0.25, 0.3) is 0 Å². The molecule has 102 valence electrons. The Bertz CT molecular complexity index is 502. The number of benzene rings is 1. The predicted octanol–water partition coefficient (Wildman–Crippen LogP) is 5.69. The minimum atomic E-state index is 0.592. The molecule has 0 saturated carbocycles. The van der Waals surface area contributed by atoms with E-state index in [0.29, 0.717) is 4.83 Å². The molecule has 1 aromatic carbocycles. The van der Waals surface area contributed by atoms with E-state index < -0.39 is 0 Å². The van der Waals surface area contributed by atoms with Crippen LogP contribution >= 0.6 is 27.3 Å². The van der Waals surface area contributed by atoms with Gasteiger partial charge in [0, 0.05) is 9.70 Å². The second-order valence-corrected chi connectivity index (χ2v) is 7.52. The van der Waals surface area contributed by atoms with E-state index in [0.717, 1.165) is 6.42 Å². The molecular formula is C17H21BrS. The first kappa shape index (κ1) is 14.8. The molecule has 0 spiro atoms. The normalized spacial score (nSPS) is 12.6. The molecule has 0 aliphatic carbocycles. The van der Waals surface area contributed by atoms with Crippen LogP contribution in [0.4, 0.5) is 0 Å². The van der Waals surface area contributed by atoms with E-state index in [1.54, 1.807) is 0 Å².